The summed E-state index contributed by atoms with van der Waals surface area (Å²) in [6.07, 6.45) is 2.03. The van der Waals surface area contributed by atoms with Crippen LogP contribution in [-0.4, -0.2) is 31.5 Å². The van der Waals surface area contributed by atoms with Crippen LogP contribution in [0.2, 0.25) is 0 Å². The van der Waals surface area contributed by atoms with E-state index in [1.807, 2.05) is 6.92 Å². The van der Waals surface area contributed by atoms with Gasteiger partial charge in [-0.25, -0.2) is 0 Å². The maximum absolute atomic E-state index is 10.9. The highest BCUT2D eigenvalue weighted by Crippen LogP contribution is 1.95. The second kappa shape index (κ2) is 9.86. The van der Waals surface area contributed by atoms with Crippen molar-refractivity contribution in [1.29, 1.82) is 0 Å². The molecule has 0 unspecified atom stereocenters. The zero-order chi connectivity index (χ0) is 9.94. The Morgan fingerprint density at radius 1 is 1.31 bits per heavy atom. The molecule has 3 nitrogen and oxygen atoms in total. The van der Waals surface area contributed by atoms with E-state index in [2.05, 4.69) is 12.6 Å². The van der Waals surface area contributed by atoms with E-state index in [4.69, 9.17) is 9.47 Å². The van der Waals surface area contributed by atoms with E-state index in [0.717, 1.165) is 18.6 Å². The number of rotatable bonds is 8. The molecule has 0 aliphatic heterocycles. The fourth-order valence-corrected chi connectivity index (χ4v) is 0.945. The van der Waals surface area contributed by atoms with Gasteiger partial charge in [0.15, 0.2) is 0 Å². The smallest absolute Gasteiger partial charge is 0.305 e. The Morgan fingerprint density at radius 3 is 2.69 bits per heavy atom. The van der Waals surface area contributed by atoms with Gasteiger partial charge in [-0.2, -0.15) is 12.6 Å². The Bertz CT molecular complexity index is 128. The molecule has 0 aromatic rings. The lowest BCUT2D eigenvalue weighted by Gasteiger charge is -2.03. The van der Waals surface area contributed by atoms with E-state index in [0.29, 0.717) is 26.2 Å². The maximum atomic E-state index is 10.9. The molecule has 0 N–H and O–H groups in total. The van der Waals surface area contributed by atoms with E-state index in [1.165, 1.54) is 0 Å². The molecule has 0 fully saturated rings. The molecule has 0 heterocycles. The standard InChI is InChI=1S/C9H18O3S/c1-2-11-6-4-7-12-9(10)5-3-8-13/h13H,2-8H2,1H3. The zero-order valence-corrected chi connectivity index (χ0v) is 9.02. The van der Waals surface area contributed by atoms with Gasteiger partial charge in [-0.05, 0) is 19.1 Å². The molecule has 0 amide bonds. The highest BCUT2D eigenvalue weighted by Gasteiger charge is 2.00. The number of hydrogen-bond donors (Lipinski definition) is 1. The first-order valence-corrected chi connectivity index (χ1v) is 5.28. The van der Waals surface area contributed by atoms with Gasteiger partial charge in [0.1, 0.15) is 0 Å². The highest BCUT2D eigenvalue weighted by atomic mass is 32.1. The zero-order valence-electron chi connectivity index (χ0n) is 8.12. The molecule has 0 rings (SSSR count). The summed E-state index contributed by atoms with van der Waals surface area (Å²) in [5.41, 5.74) is 0. The number of carbonyl (C=O) groups is 1. The Morgan fingerprint density at radius 2 is 2.08 bits per heavy atom. The van der Waals surface area contributed by atoms with Crippen molar-refractivity contribution in [2.45, 2.75) is 26.2 Å². The number of ether oxygens (including phenoxy) is 2. The van der Waals surface area contributed by atoms with Crippen molar-refractivity contribution in [2.24, 2.45) is 0 Å². The molecule has 78 valence electrons. The second-order valence-electron chi connectivity index (χ2n) is 2.60. The van der Waals surface area contributed by atoms with Gasteiger partial charge >= 0.3 is 5.97 Å². The minimum absolute atomic E-state index is 0.134. The van der Waals surface area contributed by atoms with Crippen LogP contribution in [-0.2, 0) is 14.3 Å². The van der Waals surface area contributed by atoms with Gasteiger partial charge in [-0.3, -0.25) is 4.79 Å². The van der Waals surface area contributed by atoms with Crippen LogP contribution in [0.15, 0.2) is 0 Å². The topological polar surface area (TPSA) is 35.5 Å². The summed E-state index contributed by atoms with van der Waals surface area (Å²) in [5.74, 6) is 0.596. The Hall–Kier alpha value is -0.220. The fraction of sp³-hybridized carbons (Fsp3) is 0.889. The summed E-state index contributed by atoms with van der Waals surface area (Å²) in [5, 5.41) is 0. The van der Waals surface area contributed by atoms with Crippen molar-refractivity contribution in [2.75, 3.05) is 25.6 Å². The van der Waals surface area contributed by atoms with Crippen LogP contribution in [0.4, 0.5) is 0 Å². The number of carbonyl (C=O) groups excluding carboxylic acids is 1. The maximum Gasteiger partial charge on any atom is 0.305 e. The van der Waals surface area contributed by atoms with Crippen LogP contribution >= 0.6 is 12.6 Å². The Labute approximate surface area is 85.2 Å². The predicted octanol–water partition coefficient (Wildman–Crippen LogP) is 1.67. The predicted molar refractivity (Wildman–Crippen MR) is 55.2 cm³/mol. The van der Waals surface area contributed by atoms with Crippen molar-refractivity contribution < 1.29 is 14.3 Å². The molecular weight excluding hydrogens is 188 g/mol. The SMILES string of the molecule is CCOCCCOC(=O)CCCS. The third-order valence-corrected chi connectivity index (χ3v) is 1.76. The lowest BCUT2D eigenvalue weighted by Crippen LogP contribution is -2.07. The van der Waals surface area contributed by atoms with Gasteiger partial charge in [0.2, 0.25) is 0 Å². The second-order valence-corrected chi connectivity index (χ2v) is 3.05. The monoisotopic (exact) mass is 206 g/mol. The molecule has 4 heteroatoms. The van der Waals surface area contributed by atoms with E-state index in [-0.39, 0.29) is 5.97 Å². The van der Waals surface area contributed by atoms with Crippen LogP contribution in [0.1, 0.15) is 26.2 Å². The molecule has 0 aromatic carbocycles. The average molecular weight is 206 g/mol. The molecule has 13 heavy (non-hydrogen) atoms. The first kappa shape index (κ1) is 12.8. The van der Waals surface area contributed by atoms with Gasteiger partial charge in [0, 0.05) is 26.1 Å². The first-order valence-electron chi connectivity index (χ1n) is 4.65. The molecular formula is C9H18O3S. The normalized spacial score (nSPS) is 10.0. The van der Waals surface area contributed by atoms with Gasteiger partial charge in [0.25, 0.3) is 0 Å². The number of hydrogen-bond acceptors (Lipinski definition) is 4. The molecule has 0 saturated heterocycles. The van der Waals surface area contributed by atoms with Crippen LogP contribution in [0, 0.1) is 0 Å². The lowest BCUT2D eigenvalue weighted by atomic mass is 10.3. The average Bonchev–Trinajstić information content (AvgIpc) is 2.14. The summed E-state index contributed by atoms with van der Waals surface area (Å²) in [7, 11) is 0. The fourth-order valence-electron chi connectivity index (χ4n) is 0.787. The van der Waals surface area contributed by atoms with E-state index in [9.17, 15) is 4.79 Å². The summed E-state index contributed by atoms with van der Waals surface area (Å²) in [6, 6.07) is 0. The van der Waals surface area contributed by atoms with E-state index >= 15 is 0 Å². The van der Waals surface area contributed by atoms with E-state index in [1.54, 1.807) is 0 Å². The molecule has 0 spiro atoms. The van der Waals surface area contributed by atoms with Gasteiger partial charge in [-0.15, -0.1) is 0 Å². The first-order chi connectivity index (χ1) is 6.31. The van der Waals surface area contributed by atoms with Gasteiger partial charge < -0.3 is 9.47 Å². The number of thiol groups is 1. The van der Waals surface area contributed by atoms with Crippen molar-refractivity contribution in [3.05, 3.63) is 0 Å². The molecule has 0 radical (unpaired) electrons. The molecule has 0 aliphatic rings. The van der Waals surface area contributed by atoms with Crippen molar-refractivity contribution in [3.8, 4) is 0 Å². The minimum atomic E-state index is -0.134. The Kier molecular flexibility index (Phi) is 9.70. The van der Waals surface area contributed by atoms with Gasteiger partial charge in [0.05, 0.1) is 6.61 Å². The third-order valence-electron chi connectivity index (χ3n) is 1.44. The molecule has 0 atom stereocenters. The molecule has 0 saturated carbocycles. The summed E-state index contributed by atoms with van der Waals surface area (Å²) >= 11 is 4.00. The Balaban J connectivity index is 3.08. The van der Waals surface area contributed by atoms with E-state index < -0.39 is 0 Å². The van der Waals surface area contributed by atoms with Gasteiger partial charge in [-0.1, -0.05) is 0 Å². The van der Waals surface area contributed by atoms with Crippen molar-refractivity contribution >= 4 is 18.6 Å². The van der Waals surface area contributed by atoms with Crippen molar-refractivity contribution in [1.82, 2.24) is 0 Å². The largest absolute Gasteiger partial charge is 0.466 e. The molecule has 0 bridgehead atoms. The quantitative estimate of drug-likeness (QED) is 0.373. The summed E-state index contributed by atoms with van der Waals surface area (Å²) < 4.78 is 10.0. The van der Waals surface area contributed by atoms with Crippen LogP contribution in [0.3, 0.4) is 0 Å². The number of esters is 1. The third kappa shape index (κ3) is 9.70. The lowest BCUT2D eigenvalue weighted by molar-refractivity contribution is -0.144. The van der Waals surface area contributed by atoms with Crippen LogP contribution in [0.25, 0.3) is 0 Å². The molecule has 0 aliphatic carbocycles. The molecule has 0 aromatic heterocycles. The van der Waals surface area contributed by atoms with Crippen LogP contribution < -0.4 is 0 Å². The summed E-state index contributed by atoms with van der Waals surface area (Å²) in [4.78, 5) is 10.9. The summed E-state index contributed by atoms with van der Waals surface area (Å²) in [6.45, 7) is 3.79. The highest BCUT2D eigenvalue weighted by molar-refractivity contribution is 7.80. The van der Waals surface area contributed by atoms with Crippen molar-refractivity contribution in [3.63, 3.8) is 0 Å². The minimum Gasteiger partial charge on any atom is -0.466 e. The van der Waals surface area contributed by atoms with Crippen LogP contribution in [0.5, 0.6) is 0 Å².